The number of nitrogens with zero attached hydrogens (tertiary/aromatic N) is 2. The molecule has 94 valence electrons. The molecule has 2 heterocycles. The van der Waals surface area contributed by atoms with Crippen LogP contribution in [0.1, 0.15) is 48.2 Å². The third-order valence-electron chi connectivity index (χ3n) is 2.93. The van der Waals surface area contributed by atoms with E-state index in [1.54, 1.807) is 0 Å². The summed E-state index contributed by atoms with van der Waals surface area (Å²) in [6, 6.07) is -0.0436. The zero-order valence-electron chi connectivity index (χ0n) is 10.3. The highest BCUT2D eigenvalue weighted by atomic mass is 32.1. The van der Waals surface area contributed by atoms with Gasteiger partial charge >= 0.3 is 0 Å². The average molecular weight is 253 g/mol. The van der Waals surface area contributed by atoms with Crippen molar-refractivity contribution in [2.24, 2.45) is 11.7 Å². The summed E-state index contributed by atoms with van der Waals surface area (Å²) in [5, 5.41) is 2.71. The lowest BCUT2D eigenvalue weighted by molar-refractivity contribution is 0.0646. The van der Waals surface area contributed by atoms with Crippen molar-refractivity contribution in [2.75, 3.05) is 13.1 Å². The fourth-order valence-electron chi connectivity index (χ4n) is 1.85. The Morgan fingerprint density at radius 3 is 2.82 bits per heavy atom. The van der Waals surface area contributed by atoms with Crippen LogP contribution in [0.5, 0.6) is 0 Å². The van der Waals surface area contributed by atoms with Crippen LogP contribution < -0.4 is 5.73 Å². The first-order valence-electron chi connectivity index (χ1n) is 6.08. The van der Waals surface area contributed by atoms with E-state index in [1.807, 2.05) is 10.3 Å². The maximum absolute atomic E-state index is 11.9. The van der Waals surface area contributed by atoms with E-state index in [4.69, 9.17) is 5.73 Å². The second-order valence-electron chi connectivity index (χ2n) is 4.95. The number of carbonyl (C=O) groups excluding carboxylic acids is 1. The van der Waals surface area contributed by atoms with Crippen LogP contribution >= 0.6 is 11.3 Å². The minimum atomic E-state index is -0.0436. The van der Waals surface area contributed by atoms with Gasteiger partial charge in [-0.3, -0.25) is 4.79 Å². The normalized spacial score (nSPS) is 17.1. The monoisotopic (exact) mass is 253 g/mol. The predicted molar refractivity (Wildman–Crippen MR) is 69.0 cm³/mol. The zero-order valence-corrected chi connectivity index (χ0v) is 11.2. The molecule has 1 atom stereocenters. The topological polar surface area (TPSA) is 59.2 Å². The minimum absolute atomic E-state index is 0.0436. The van der Waals surface area contributed by atoms with E-state index in [1.165, 1.54) is 11.3 Å². The molecule has 0 aromatic carbocycles. The third kappa shape index (κ3) is 2.84. The van der Waals surface area contributed by atoms with Crippen molar-refractivity contribution in [2.45, 2.75) is 32.7 Å². The van der Waals surface area contributed by atoms with Crippen molar-refractivity contribution in [1.29, 1.82) is 0 Å². The van der Waals surface area contributed by atoms with Crippen LogP contribution in [0, 0.1) is 5.92 Å². The van der Waals surface area contributed by atoms with Gasteiger partial charge in [0.2, 0.25) is 0 Å². The van der Waals surface area contributed by atoms with Gasteiger partial charge in [-0.25, -0.2) is 4.98 Å². The molecule has 1 unspecified atom stereocenters. The molecule has 2 rings (SSSR count). The molecule has 17 heavy (non-hydrogen) atoms. The molecule has 0 radical (unpaired) electrons. The second kappa shape index (κ2) is 5.14. The standard InChI is InChI=1S/C12H19N3OS/c1-8(2)6-9(13)11-14-10(7-17-11)12(16)15-4-3-5-15/h7-9H,3-6,13H2,1-2H3. The Hall–Kier alpha value is -0.940. The number of hydrogen-bond acceptors (Lipinski definition) is 4. The molecule has 0 spiro atoms. The first kappa shape index (κ1) is 12.5. The summed E-state index contributed by atoms with van der Waals surface area (Å²) in [4.78, 5) is 18.1. The van der Waals surface area contributed by atoms with Gasteiger partial charge in [0.05, 0.1) is 6.04 Å². The van der Waals surface area contributed by atoms with E-state index in [9.17, 15) is 4.79 Å². The van der Waals surface area contributed by atoms with Crippen LogP contribution in [-0.2, 0) is 0 Å². The molecule has 1 saturated heterocycles. The molecule has 1 aromatic heterocycles. The molecule has 4 nitrogen and oxygen atoms in total. The van der Waals surface area contributed by atoms with Crippen molar-refractivity contribution in [3.63, 3.8) is 0 Å². The number of hydrogen-bond donors (Lipinski definition) is 1. The van der Waals surface area contributed by atoms with Crippen molar-refractivity contribution in [3.8, 4) is 0 Å². The van der Waals surface area contributed by atoms with Crippen LogP contribution in [-0.4, -0.2) is 28.9 Å². The summed E-state index contributed by atoms with van der Waals surface area (Å²) in [5.41, 5.74) is 6.61. The van der Waals surface area contributed by atoms with Crippen LogP contribution in [0.25, 0.3) is 0 Å². The van der Waals surface area contributed by atoms with Crippen LogP contribution in [0.3, 0.4) is 0 Å². The van der Waals surface area contributed by atoms with Gasteiger partial charge in [0.25, 0.3) is 5.91 Å². The Morgan fingerprint density at radius 2 is 2.29 bits per heavy atom. The molecule has 1 aliphatic rings. The van der Waals surface area contributed by atoms with E-state index in [0.29, 0.717) is 11.6 Å². The Labute approximate surface area is 106 Å². The number of thiazole rings is 1. The van der Waals surface area contributed by atoms with Crippen LogP contribution in [0.2, 0.25) is 0 Å². The van der Waals surface area contributed by atoms with Crippen molar-refractivity contribution >= 4 is 17.2 Å². The van der Waals surface area contributed by atoms with E-state index in [2.05, 4.69) is 18.8 Å². The number of likely N-dealkylation sites (tertiary alicyclic amines) is 1. The average Bonchev–Trinajstić information content (AvgIpc) is 2.61. The summed E-state index contributed by atoms with van der Waals surface area (Å²) < 4.78 is 0. The quantitative estimate of drug-likeness (QED) is 0.893. The van der Waals surface area contributed by atoms with Gasteiger partial charge in [0, 0.05) is 18.5 Å². The molecule has 1 amide bonds. The largest absolute Gasteiger partial charge is 0.337 e. The molecule has 1 aliphatic heterocycles. The number of rotatable bonds is 4. The lowest BCUT2D eigenvalue weighted by atomic mass is 10.1. The highest BCUT2D eigenvalue weighted by Gasteiger charge is 2.24. The fraction of sp³-hybridized carbons (Fsp3) is 0.667. The van der Waals surface area contributed by atoms with E-state index in [0.717, 1.165) is 30.9 Å². The fourth-order valence-corrected chi connectivity index (χ4v) is 2.65. The molecule has 0 bridgehead atoms. The number of nitrogens with two attached hydrogens (primary N) is 1. The predicted octanol–water partition coefficient (Wildman–Crippen LogP) is 2.03. The number of carbonyl (C=O) groups is 1. The molecule has 0 aliphatic carbocycles. The summed E-state index contributed by atoms with van der Waals surface area (Å²) >= 11 is 1.50. The molecule has 0 saturated carbocycles. The molecule has 1 fully saturated rings. The first-order chi connectivity index (χ1) is 8.08. The highest BCUT2D eigenvalue weighted by molar-refractivity contribution is 7.09. The lowest BCUT2D eigenvalue weighted by Crippen LogP contribution is -2.42. The van der Waals surface area contributed by atoms with Gasteiger partial charge in [0.1, 0.15) is 10.7 Å². The van der Waals surface area contributed by atoms with Crippen molar-refractivity contribution in [1.82, 2.24) is 9.88 Å². The third-order valence-corrected chi connectivity index (χ3v) is 3.90. The van der Waals surface area contributed by atoms with Gasteiger partial charge in [-0.1, -0.05) is 13.8 Å². The Bertz CT molecular complexity index is 398. The molecular weight excluding hydrogens is 234 g/mol. The molecule has 5 heteroatoms. The summed E-state index contributed by atoms with van der Waals surface area (Å²) in [6.07, 6.45) is 2.01. The van der Waals surface area contributed by atoms with Gasteiger partial charge in [-0.05, 0) is 18.8 Å². The Kier molecular flexibility index (Phi) is 3.79. The first-order valence-corrected chi connectivity index (χ1v) is 6.96. The Balaban J connectivity index is 2.02. The number of amides is 1. The summed E-state index contributed by atoms with van der Waals surface area (Å²) in [6.45, 7) is 6.01. The lowest BCUT2D eigenvalue weighted by Gasteiger charge is -2.30. The maximum Gasteiger partial charge on any atom is 0.273 e. The van der Waals surface area contributed by atoms with E-state index in [-0.39, 0.29) is 11.9 Å². The zero-order chi connectivity index (χ0) is 12.4. The van der Waals surface area contributed by atoms with E-state index >= 15 is 0 Å². The molecular formula is C12H19N3OS. The summed E-state index contributed by atoms with van der Waals surface area (Å²) in [5.74, 6) is 0.596. The maximum atomic E-state index is 11.9. The van der Waals surface area contributed by atoms with Gasteiger partial charge < -0.3 is 10.6 Å². The molecule has 2 N–H and O–H groups in total. The van der Waals surface area contributed by atoms with Gasteiger partial charge in [-0.2, -0.15) is 0 Å². The van der Waals surface area contributed by atoms with Crippen molar-refractivity contribution < 1.29 is 4.79 Å². The smallest absolute Gasteiger partial charge is 0.273 e. The van der Waals surface area contributed by atoms with Gasteiger partial charge in [0.15, 0.2) is 0 Å². The van der Waals surface area contributed by atoms with Crippen molar-refractivity contribution in [3.05, 3.63) is 16.1 Å². The van der Waals surface area contributed by atoms with Crippen LogP contribution in [0.4, 0.5) is 0 Å². The minimum Gasteiger partial charge on any atom is -0.337 e. The SMILES string of the molecule is CC(C)CC(N)c1nc(C(=O)N2CCC2)cs1. The molecule has 1 aromatic rings. The van der Waals surface area contributed by atoms with E-state index < -0.39 is 0 Å². The highest BCUT2D eigenvalue weighted by Crippen LogP contribution is 2.23. The second-order valence-corrected chi connectivity index (χ2v) is 5.84. The number of aromatic nitrogens is 1. The summed E-state index contributed by atoms with van der Waals surface area (Å²) in [7, 11) is 0. The van der Waals surface area contributed by atoms with Gasteiger partial charge in [-0.15, -0.1) is 11.3 Å². The van der Waals surface area contributed by atoms with Crippen LogP contribution in [0.15, 0.2) is 5.38 Å². The Morgan fingerprint density at radius 1 is 1.59 bits per heavy atom.